The molecule has 1 aliphatic heterocycles. The third kappa shape index (κ3) is 4.65. The maximum atomic E-state index is 13.7. The minimum atomic E-state index is -3.76. The molecule has 0 aliphatic carbocycles. The van der Waals surface area contributed by atoms with Crippen LogP contribution in [0.2, 0.25) is 0 Å². The highest BCUT2D eigenvalue weighted by Crippen LogP contribution is 2.26. The number of anilines is 1. The molecule has 0 radical (unpaired) electrons. The zero-order valence-corrected chi connectivity index (χ0v) is 18.3. The Labute approximate surface area is 178 Å². The number of benzene rings is 2. The summed E-state index contributed by atoms with van der Waals surface area (Å²) in [6, 6.07) is 16.1. The second kappa shape index (κ2) is 9.13. The molecule has 1 unspecified atom stereocenters. The van der Waals surface area contributed by atoms with Gasteiger partial charge in [0.15, 0.2) is 0 Å². The van der Waals surface area contributed by atoms with Crippen LogP contribution in [0.5, 0.6) is 0 Å². The molecule has 9 heteroatoms. The number of nitrogens with two attached hydrogens (primary N) is 1. The first-order valence-corrected chi connectivity index (χ1v) is 11.3. The fourth-order valence-electron chi connectivity index (χ4n) is 3.59. The molecule has 1 heterocycles. The summed E-state index contributed by atoms with van der Waals surface area (Å²) < 4.78 is 30.3. The lowest BCUT2D eigenvalue weighted by atomic mass is 10.1. The van der Waals surface area contributed by atoms with Gasteiger partial charge < -0.3 is 0 Å². The molecule has 0 bridgehead atoms. The number of nitrogens with one attached hydrogen (secondary N) is 1. The first-order chi connectivity index (χ1) is 14.2. The van der Waals surface area contributed by atoms with Gasteiger partial charge in [0.2, 0.25) is 0 Å². The number of nitrogen functional groups attached to an aromatic ring is 1. The molecule has 1 amide bonds. The Bertz CT molecular complexity index is 954. The number of carbonyl (C=O) groups is 1. The van der Waals surface area contributed by atoms with Crippen LogP contribution >= 0.6 is 0 Å². The fraction of sp³-hybridized carbons (Fsp3) is 0.381. The van der Waals surface area contributed by atoms with Gasteiger partial charge in [-0.3, -0.25) is 19.4 Å². The van der Waals surface area contributed by atoms with Crippen molar-refractivity contribution in [1.82, 2.24) is 14.6 Å². The zero-order valence-electron chi connectivity index (χ0n) is 17.5. The van der Waals surface area contributed by atoms with Crippen LogP contribution < -0.4 is 15.6 Å². The lowest BCUT2D eigenvalue weighted by Gasteiger charge is -2.43. The molecule has 162 valence electrons. The third-order valence-electron chi connectivity index (χ3n) is 5.65. The largest absolute Gasteiger partial charge is 0.304 e. The summed E-state index contributed by atoms with van der Waals surface area (Å²) in [5.74, 6) is 4.78. The molecule has 0 spiro atoms. The maximum Gasteiger partial charge on any atom is 0.304 e. The molecular formula is C21H29N5O3S. The van der Waals surface area contributed by atoms with Gasteiger partial charge >= 0.3 is 10.2 Å². The molecule has 1 aliphatic rings. The number of para-hydroxylation sites is 1. The molecular weight excluding hydrogens is 402 g/mol. The Morgan fingerprint density at radius 3 is 2.17 bits per heavy atom. The summed E-state index contributed by atoms with van der Waals surface area (Å²) in [4.78, 5) is 13.9. The molecule has 1 saturated heterocycles. The standard InChI is InChI=1S/C21H29N5O3S/c1-16-13-25(14-17(2)24(16)3)30(28,29)26(20-7-5-4-6-8-20)15-18-9-11-19(12-10-18)21(27)23-22/h4-12,16-17H,13-15,22H2,1-3H3,(H,23,27)/t16-,17?/m1/s1. The number of amides is 1. The molecule has 0 saturated carbocycles. The van der Waals surface area contributed by atoms with Crippen molar-refractivity contribution in [3.05, 3.63) is 65.7 Å². The van der Waals surface area contributed by atoms with E-state index in [0.717, 1.165) is 5.56 Å². The topological polar surface area (TPSA) is 99.0 Å². The average molecular weight is 432 g/mol. The highest BCUT2D eigenvalue weighted by Gasteiger charge is 2.37. The third-order valence-corrected chi connectivity index (χ3v) is 7.50. The van der Waals surface area contributed by atoms with E-state index in [2.05, 4.69) is 10.3 Å². The molecule has 0 aromatic heterocycles. The van der Waals surface area contributed by atoms with E-state index in [1.54, 1.807) is 40.7 Å². The van der Waals surface area contributed by atoms with Crippen LogP contribution in [-0.4, -0.2) is 55.8 Å². The van der Waals surface area contributed by atoms with Crippen molar-refractivity contribution in [3.63, 3.8) is 0 Å². The van der Waals surface area contributed by atoms with E-state index in [4.69, 9.17) is 5.84 Å². The molecule has 30 heavy (non-hydrogen) atoms. The normalized spacial score (nSPS) is 20.7. The quantitative estimate of drug-likeness (QED) is 0.411. The summed E-state index contributed by atoms with van der Waals surface area (Å²) >= 11 is 0. The predicted octanol–water partition coefficient (Wildman–Crippen LogP) is 1.57. The van der Waals surface area contributed by atoms with Gasteiger partial charge in [-0.05, 0) is 50.7 Å². The molecule has 3 N–H and O–H groups in total. The van der Waals surface area contributed by atoms with Crippen molar-refractivity contribution in [2.24, 2.45) is 5.84 Å². The fourth-order valence-corrected chi connectivity index (χ4v) is 5.38. The highest BCUT2D eigenvalue weighted by atomic mass is 32.2. The van der Waals surface area contributed by atoms with E-state index in [-0.39, 0.29) is 18.6 Å². The van der Waals surface area contributed by atoms with Crippen LogP contribution in [0, 0.1) is 0 Å². The van der Waals surface area contributed by atoms with Crippen LogP contribution in [0.15, 0.2) is 54.6 Å². The average Bonchev–Trinajstić information content (AvgIpc) is 2.75. The second-order valence-electron chi connectivity index (χ2n) is 7.70. The second-order valence-corrected chi connectivity index (χ2v) is 9.55. The van der Waals surface area contributed by atoms with Crippen molar-refractivity contribution in [3.8, 4) is 0 Å². The number of piperazine rings is 1. The van der Waals surface area contributed by atoms with E-state index < -0.39 is 16.1 Å². The van der Waals surface area contributed by atoms with Crippen molar-refractivity contribution >= 4 is 21.8 Å². The lowest BCUT2D eigenvalue weighted by molar-refractivity contribution is 0.0953. The van der Waals surface area contributed by atoms with Gasteiger partial charge in [0.1, 0.15) is 0 Å². The number of carbonyl (C=O) groups excluding carboxylic acids is 1. The summed E-state index contributed by atoms with van der Waals surface area (Å²) in [5, 5.41) is 0. The van der Waals surface area contributed by atoms with E-state index in [1.165, 1.54) is 4.31 Å². The number of hydrazine groups is 1. The molecule has 2 aromatic carbocycles. The van der Waals surface area contributed by atoms with Gasteiger partial charge in [0, 0.05) is 30.7 Å². The summed E-state index contributed by atoms with van der Waals surface area (Å²) in [5.41, 5.74) is 3.87. The molecule has 1 fully saturated rings. The van der Waals surface area contributed by atoms with E-state index in [9.17, 15) is 13.2 Å². The van der Waals surface area contributed by atoms with Crippen LogP contribution in [0.3, 0.4) is 0 Å². The number of rotatable bonds is 6. The predicted molar refractivity (Wildman–Crippen MR) is 118 cm³/mol. The Kier molecular flexibility index (Phi) is 6.77. The monoisotopic (exact) mass is 431 g/mol. The lowest BCUT2D eigenvalue weighted by Crippen LogP contribution is -2.59. The first kappa shape index (κ1) is 22.2. The number of hydrogen-bond acceptors (Lipinski definition) is 5. The van der Waals surface area contributed by atoms with Gasteiger partial charge in [-0.2, -0.15) is 12.7 Å². The molecule has 8 nitrogen and oxygen atoms in total. The van der Waals surface area contributed by atoms with Crippen molar-refractivity contribution in [2.45, 2.75) is 32.5 Å². The van der Waals surface area contributed by atoms with Crippen LogP contribution in [0.25, 0.3) is 0 Å². The number of nitrogens with zero attached hydrogens (tertiary/aromatic N) is 3. The minimum absolute atomic E-state index is 0.121. The van der Waals surface area contributed by atoms with Crippen LogP contribution in [0.1, 0.15) is 29.8 Å². The SMILES string of the molecule is CC1CN(S(=O)(=O)N(Cc2ccc(C(=O)NN)cc2)c2ccccc2)C[C@@H](C)N1C. The van der Waals surface area contributed by atoms with Crippen molar-refractivity contribution < 1.29 is 13.2 Å². The first-order valence-electron chi connectivity index (χ1n) is 9.88. The van der Waals surface area contributed by atoms with Gasteiger partial charge in [-0.15, -0.1) is 0 Å². The van der Waals surface area contributed by atoms with Crippen molar-refractivity contribution in [1.29, 1.82) is 0 Å². The van der Waals surface area contributed by atoms with E-state index in [0.29, 0.717) is 24.3 Å². The highest BCUT2D eigenvalue weighted by molar-refractivity contribution is 7.90. The molecule has 2 aromatic rings. The van der Waals surface area contributed by atoms with Crippen molar-refractivity contribution in [2.75, 3.05) is 24.4 Å². The Morgan fingerprint density at radius 2 is 1.63 bits per heavy atom. The van der Waals surface area contributed by atoms with Gasteiger partial charge in [0.05, 0.1) is 12.2 Å². The van der Waals surface area contributed by atoms with Gasteiger partial charge in [0.25, 0.3) is 5.91 Å². The minimum Gasteiger partial charge on any atom is -0.298 e. The van der Waals surface area contributed by atoms with Gasteiger partial charge in [-0.1, -0.05) is 30.3 Å². The molecule has 2 atom stereocenters. The summed E-state index contributed by atoms with van der Waals surface area (Å²) in [6.45, 7) is 5.09. The molecule has 3 rings (SSSR count). The van der Waals surface area contributed by atoms with E-state index in [1.807, 2.05) is 39.1 Å². The van der Waals surface area contributed by atoms with Gasteiger partial charge in [-0.25, -0.2) is 5.84 Å². The van der Waals surface area contributed by atoms with Crippen LogP contribution in [-0.2, 0) is 16.8 Å². The summed E-state index contributed by atoms with van der Waals surface area (Å²) in [7, 11) is -1.73. The number of likely N-dealkylation sites (N-methyl/N-ethyl adjacent to an activating group) is 1. The Balaban J connectivity index is 1.92. The number of hydrogen-bond donors (Lipinski definition) is 2. The smallest absolute Gasteiger partial charge is 0.298 e. The maximum absolute atomic E-state index is 13.7. The Hall–Kier alpha value is -2.46. The zero-order chi connectivity index (χ0) is 21.9. The van der Waals surface area contributed by atoms with E-state index >= 15 is 0 Å². The Morgan fingerprint density at radius 1 is 1.07 bits per heavy atom. The summed E-state index contributed by atoms with van der Waals surface area (Å²) in [6.07, 6.45) is 0. The van der Waals surface area contributed by atoms with Crippen LogP contribution in [0.4, 0.5) is 5.69 Å².